The van der Waals surface area contributed by atoms with Crippen LogP contribution in [0.2, 0.25) is 0 Å². The average molecular weight is 345 g/mol. The molecule has 0 aromatic heterocycles. The van der Waals surface area contributed by atoms with Gasteiger partial charge < -0.3 is 9.80 Å². The van der Waals surface area contributed by atoms with Crippen LogP contribution in [0.15, 0.2) is 48.5 Å². The Morgan fingerprint density at radius 2 is 1.76 bits per heavy atom. The second-order valence-electron chi connectivity index (χ2n) is 6.16. The highest BCUT2D eigenvalue weighted by atomic mass is 19.4. The number of nitrogens with zero attached hydrogens (tertiary/aromatic N) is 3. The molecule has 130 valence electrons. The standard InChI is InChI=1S/C19H18F3N3/c1-14-13-24(16-5-3-2-4-6-16)9-10-25(14)17-8-7-15(12-23)18(11-17)19(20,21)22/h2-8,11,14H,9-10,13H2,1H3/t14-/m1/s1. The molecule has 25 heavy (non-hydrogen) atoms. The minimum absolute atomic E-state index is 0.0583. The Morgan fingerprint density at radius 3 is 2.36 bits per heavy atom. The second kappa shape index (κ2) is 6.67. The quantitative estimate of drug-likeness (QED) is 0.813. The van der Waals surface area contributed by atoms with Gasteiger partial charge >= 0.3 is 6.18 Å². The molecule has 1 saturated heterocycles. The molecule has 0 N–H and O–H groups in total. The van der Waals surface area contributed by atoms with Crippen LogP contribution in [0, 0.1) is 11.3 Å². The Labute approximate surface area is 144 Å². The van der Waals surface area contributed by atoms with Crippen molar-refractivity contribution in [1.29, 1.82) is 5.26 Å². The van der Waals surface area contributed by atoms with Crippen LogP contribution in [-0.2, 0) is 6.18 Å². The highest BCUT2D eigenvalue weighted by Crippen LogP contribution is 2.35. The predicted octanol–water partition coefficient (Wildman–Crippen LogP) is 4.29. The van der Waals surface area contributed by atoms with Crippen molar-refractivity contribution < 1.29 is 13.2 Å². The number of piperazine rings is 1. The van der Waals surface area contributed by atoms with Gasteiger partial charge in [0.2, 0.25) is 0 Å². The van der Waals surface area contributed by atoms with Crippen molar-refractivity contribution in [1.82, 2.24) is 0 Å². The Bertz CT molecular complexity index is 781. The number of halogens is 3. The zero-order valence-corrected chi connectivity index (χ0v) is 13.8. The molecule has 0 bridgehead atoms. The van der Waals surface area contributed by atoms with Crippen LogP contribution >= 0.6 is 0 Å². The normalized spacial score (nSPS) is 18.1. The Hall–Kier alpha value is -2.68. The number of anilines is 2. The van der Waals surface area contributed by atoms with Gasteiger partial charge in [-0.1, -0.05) is 18.2 Å². The number of hydrogen-bond acceptors (Lipinski definition) is 3. The molecule has 3 nitrogen and oxygen atoms in total. The molecule has 3 rings (SSSR count). The first kappa shape index (κ1) is 17.2. The molecule has 0 spiro atoms. The zero-order valence-electron chi connectivity index (χ0n) is 13.8. The Kier molecular flexibility index (Phi) is 4.58. The molecular weight excluding hydrogens is 327 g/mol. The van der Waals surface area contributed by atoms with Gasteiger partial charge in [0.25, 0.3) is 0 Å². The van der Waals surface area contributed by atoms with Crippen LogP contribution in [0.4, 0.5) is 24.5 Å². The molecule has 0 amide bonds. The summed E-state index contributed by atoms with van der Waals surface area (Å²) in [6, 6.07) is 15.6. The summed E-state index contributed by atoms with van der Waals surface area (Å²) in [5.41, 5.74) is 0.411. The van der Waals surface area contributed by atoms with E-state index in [1.165, 1.54) is 6.07 Å². The van der Waals surface area contributed by atoms with Crippen molar-refractivity contribution in [2.75, 3.05) is 29.4 Å². The van der Waals surface area contributed by atoms with E-state index in [-0.39, 0.29) is 11.6 Å². The smallest absolute Gasteiger partial charge is 0.368 e. The van der Waals surface area contributed by atoms with Gasteiger partial charge in [-0.2, -0.15) is 18.4 Å². The summed E-state index contributed by atoms with van der Waals surface area (Å²) < 4.78 is 39.6. The zero-order chi connectivity index (χ0) is 18.0. The lowest BCUT2D eigenvalue weighted by molar-refractivity contribution is -0.137. The van der Waals surface area contributed by atoms with Crippen LogP contribution in [0.1, 0.15) is 18.1 Å². The van der Waals surface area contributed by atoms with Crippen molar-refractivity contribution in [2.45, 2.75) is 19.1 Å². The van der Waals surface area contributed by atoms with Crippen LogP contribution in [0.3, 0.4) is 0 Å². The van der Waals surface area contributed by atoms with Crippen molar-refractivity contribution in [2.24, 2.45) is 0 Å². The molecule has 1 aliphatic heterocycles. The average Bonchev–Trinajstić information content (AvgIpc) is 2.61. The highest BCUT2D eigenvalue weighted by Gasteiger charge is 2.35. The third-order valence-corrected chi connectivity index (χ3v) is 4.51. The van der Waals surface area contributed by atoms with Gasteiger partial charge in [0.05, 0.1) is 17.2 Å². The number of alkyl halides is 3. The molecular formula is C19H18F3N3. The van der Waals surface area contributed by atoms with E-state index < -0.39 is 11.7 Å². The third kappa shape index (κ3) is 3.55. The lowest BCUT2D eigenvalue weighted by Gasteiger charge is -2.42. The van der Waals surface area contributed by atoms with Gasteiger partial charge in [-0.3, -0.25) is 0 Å². The monoisotopic (exact) mass is 345 g/mol. The molecule has 0 radical (unpaired) electrons. The van der Waals surface area contributed by atoms with Crippen molar-refractivity contribution >= 4 is 11.4 Å². The summed E-state index contributed by atoms with van der Waals surface area (Å²) >= 11 is 0. The van der Waals surface area contributed by atoms with E-state index >= 15 is 0 Å². The summed E-state index contributed by atoms with van der Waals surface area (Å²) in [5, 5.41) is 8.93. The van der Waals surface area contributed by atoms with Gasteiger partial charge in [-0.15, -0.1) is 0 Å². The number of para-hydroxylation sites is 1. The molecule has 0 saturated carbocycles. The minimum Gasteiger partial charge on any atom is -0.368 e. The van der Waals surface area contributed by atoms with E-state index in [4.69, 9.17) is 5.26 Å². The molecule has 2 aromatic rings. The Balaban J connectivity index is 1.83. The van der Waals surface area contributed by atoms with Crippen molar-refractivity contribution in [3.05, 3.63) is 59.7 Å². The first-order chi connectivity index (χ1) is 11.9. The Morgan fingerprint density at radius 1 is 1.04 bits per heavy atom. The fourth-order valence-electron chi connectivity index (χ4n) is 3.26. The fraction of sp³-hybridized carbons (Fsp3) is 0.316. The minimum atomic E-state index is -4.53. The summed E-state index contributed by atoms with van der Waals surface area (Å²) in [4.78, 5) is 4.20. The predicted molar refractivity (Wildman–Crippen MR) is 91.6 cm³/mol. The van der Waals surface area contributed by atoms with Crippen molar-refractivity contribution in [3.63, 3.8) is 0 Å². The maximum Gasteiger partial charge on any atom is 0.417 e. The number of rotatable bonds is 2. The third-order valence-electron chi connectivity index (χ3n) is 4.51. The molecule has 0 unspecified atom stereocenters. The number of hydrogen-bond donors (Lipinski definition) is 0. The van der Waals surface area contributed by atoms with Crippen LogP contribution in [-0.4, -0.2) is 25.7 Å². The molecule has 1 heterocycles. The van der Waals surface area contributed by atoms with E-state index in [0.717, 1.165) is 24.8 Å². The van der Waals surface area contributed by atoms with Crippen LogP contribution in [0.25, 0.3) is 0 Å². The lowest BCUT2D eigenvalue weighted by Crippen LogP contribution is -2.52. The van der Waals surface area contributed by atoms with Gasteiger partial charge in [-0.25, -0.2) is 0 Å². The van der Waals surface area contributed by atoms with Crippen LogP contribution in [0.5, 0.6) is 0 Å². The van der Waals surface area contributed by atoms with Gasteiger partial charge in [0.1, 0.15) is 0 Å². The SMILES string of the molecule is C[C@@H]1CN(c2ccccc2)CCN1c1ccc(C#N)c(C(F)(F)F)c1. The summed E-state index contributed by atoms with van der Waals surface area (Å²) in [6.07, 6.45) is -4.53. The summed E-state index contributed by atoms with van der Waals surface area (Å²) in [5.74, 6) is 0. The second-order valence-corrected chi connectivity index (χ2v) is 6.16. The van der Waals surface area contributed by atoms with E-state index in [9.17, 15) is 13.2 Å². The topological polar surface area (TPSA) is 30.3 Å². The highest BCUT2D eigenvalue weighted by molar-refractivity contribution is 5.57. The molecule has 1 atom stereocenters. The van der Waals surface area contributed by atoms with Gasteiger partial charge in [0.15, 0.2) is 0 Å². The lowest BCUT2D eigenvalue weighted by atomic mass is 10.0. The first-order valence-corrected chi connectivity index (χ1v) is 8.08. The van der Waals surface area contributed by atoms with E-state index in [0.29, 0.717) is 12.2 Å². The molecule has 1 fully saturated rings. The van der Waals surface area contributed by atoms with Crippen LogP contribution < -0.4 is 9.80 Å². The first-order valence-electron chi connectivity index (χ1n) is 8.08. The van der Waals surface area contributed by atoms with Gasteiger partial charge in [-0.05, 0) is 37.3 Å². The summed E-state index contributed by atoms with van der Waals surface area (Å²) in [7, 11) is 0. The van der Waals surface area contributed by atoms with Crippen molar-refractivity contribution in [3.8, 4) is 6.07 Å². The number of nitriles is 1. The number of benzene rings is 2. The molecule has 1 aliphatic rings. The maximum atomic E-state index is 13.2. The largest absolute Gasteiger partial charge is 0.417 e. The summed E-state index contributed by atoms with van der Waals surface area (Å²) in [6.45, 7) is 4.08. The maximum absolute atomic E-state index is 13.2. The molecule has 0 aliphatic carbocycles. The fourth-order valence-corrected chi connectivity index (χ4v) is 3.26. The molecule has 2 aromatic carbocycles. The molecule has 6 heteroatoms. The van der Waals surface area contributed by atoms with E-state index in [1.807, 2.05) is 42.2 Å². The van der Waals surface area contributed by atoms with Gasteiger partial charge in [0, 0.05) is 37.1 Å². The van der Waals surface area contributed by atoms with E-state index in [2.05, 4.69) is 4.90 Å². The van der Waals surface area contributed by atoms with E-state index in [1.54, 1.807) is 12.1 Å².